The average Bonchev–Trinajstić information content (AvgIpc) is 2.39. The SMILES string of the molecule is Cc1nc2c(c(=O)[nH]1)CN(C1CCCCC1O)CC2. The highest BCUT2D eigenvalue weighted by Gasteiger charge is 2.32. The van der Waals surface area contributed by atoms with Gasteiger partial charge in [-0.15, -0.1) is 0 Å². The number of hydrogen-bond acceptors (Lipinski definition) is 4. The Morgan fingerprint density at radius 3 is 2.95 bits per heavy atom. The van der Waals surface area contributed by atoms with Crippen molar-refractivity contribution in [2.75, 3.05) is 6.54 Å². The van der Waals surface area contributed by atoms with E-state index in [0.717, 1.165) is 43.5 Å². The second-order valence-corrected chi connectivity index (χ2v) is 5.72. The molecule has 0 bridgehead atoms. The fourth-order valence-corrected chi connectivity index (χ4v) is 3.37. The third kappa shape index (κ3) is 2.44. The maximum atomic E-state index is 12.0. The van der Waals surface area contributed by atoms with Crippen LogP contribution >= 0.6 is 0 Å². The van der Waals surface area contributed by atoms with Crippen LogP contribution in [0.2, 0.25) is 0 Å². The van der Waals surface area contributed by atoms with E-state index in [-0.39, 0.29) is 17.7 Å². The predicted molar refractivity (Wildman–Crippen MR) is 72.0 cm³/mol. The molecule has 0 amide bonds. The first-order valence-corrected chi connectivity index (χ1v) is 7.16. The molecule has 0 saturated heterocycles. The maximum Gasteiger partial charge on any atom is 0.255 e. The van der Waals surface area contributed by atoms with Crippen molar-refractivity contribution in [3.05, 3.63) is 27.4 Å². The summed E-state index contributed by atoms with van der Waals surface area (Å²) in [7, 11) is 0. The van der Waals surface area contributed by atoms with Gasteiger partial charge in [-0.2, -0.15) is 0 Å². The van der Waals surface area contributed by atoms with E-state index >= 15 is 0 Å². The molecule has 1 aliphatic carbocycles. The molecule has 2 aliphatic rings. The molecule has 2 unspecified atom stereocenters. The lowest BCUT2D eigenvalue weighted by molar-refractivity contribution is 0.0126. The molecule has 2 N–H and O–H groups in total. The molecule has 0 radical (unpaired) electrons. The van der Waals surface area contributed by atoms with Gasteiger partial charge in [-0.25, -0.2) is 4.98 Å². The Kier molecular flexibility index (Phi) is 3.41. The minimum atomic E-state index is -0.243. The number of aromatic amines is 1. The molecule has 104 valence electrons. The Bertz CT molecular complexity index is 526. The molecule has 19 heavy (non-hydrogen) atoms. The quantitative estimate of drug-likeness (QED) is 0.784. The van der Waals surface area contributed by atoms with Crippen molar-refractivity contribution in [2.45, 2.75) is 57.7 Å². The molecule has 2 heterocycles. The van der Waals surface area contributed by atoms with Gasteiger partial charge in [0, 0.05) is 25.6 Å². The van der Waals surface area contributed by atoms with E-state index in [4.69, 9.17) is 0 Å². The van der Waals surface area contributed by atoms with E-state index in [0.29, 0.717) is 12.4 Å². The van der Waals surface area contributed by atoms with Crippen molar-refractivity contribution in [2.24, 2.45) is 0 Å². The van der Waals surface area contributed by atoms with Crippen LogP contribution in [0.5, 0.6) is 0 Å². The number of H-pyrrole nitrogens is 1. The molecular weight excluding hydrogens is 242 g/mol. The minimum Gasteiger partial charge on any atom is -0.391 e. The van der Waals surface area contributed by atoms with Gasteiger partial charge in [-0.3, -0.25) is 9.69 Å². The molecule has 3 rings (SSSR count). The van der Waals surface area contributed by atoms with Gasteiger partial charge in [-0.1, -0.05) is 12.8 Å². The molecule has 0 spiro atoms. The summed E-state index contributed by atoms with van der Waals surface area (Å²) in [5.74, 6) is 0.690. The highest BCUT2D eigenvalue weighted by Crippen LogP contribution is 2.26. The number of nitrogens with one attached hydrogen (secondary N) is 1. The van der Waals surface area contributed by atoms with Crippen molar-refractivity contribution >= 4 is 0 Å². The van der Waals surface area contributed by atoms with E-state index in [1.165, 1.54) is 6.42 Å². The van der Waals surface area contributed by atoms with E-state index in [1.54, 1.807) is 0 Å². The molecule has 0 aromatic carbocycles. The fraction of sp³-hybridized carbons (Fsp3) is 0.714. The zero-order chi connectivity index (χ0) is 13.4. The summed E-state index contributed by atoms with van der Waals surface area (Å²) in [6.45, 7) is 3.34. The van der Waals surface area contributed by atoms with Gasteiger partial charge in [0.1, 0.15) is 5.82 Å². The van der Waals surface area contributed by atoms with Crippen LogP contribution in [0, 0.1) is 6.92 Å². The lowest BCUT2D eigenvalue weighted by Crippen LogP contribution is -2.48. The first-order valence-electron chi connectivity index (χ1n) is 7.16. The Balaban J connectivity index is 1.84. The van der Waals surface area contributed by atoms with E-state index in [9.17, 15) is 9.90 Å². The second kappa shape index (κ2) is 5.06. The molecular formula is C14H21N3O2. The lowest BCUT2D eigenvalue weighted by Gasteiger charge is -2.39. The van der Waals surface area contributed by atoms with Gasteiger partial charge in [-0.05, 0) is 19.8 Å². The molecule has 1 aromatic rings. The highest BCUT2D eigenvalue weighted by molar-refractivity contribution is 5.21. The van der Waals surface area contributed by atoms with Gasteiger partial charge < -0.3 is 10.1 Å². The number of aliphatic hydroxyl groups excluding tert-OH is 1. The van der Waals surface area contributed by atoms with Crippen LogP contribution in [-0.4, -0.2) is 38.7 Å². The first kappa shape index (κ1) is 12.8. The zero-order valence-electron chi connectivity index (χ0n) is 11.4. The van der Waals surface area contributed by atoms with E-state index in [1.807, 2.05) is 6.92 Å². The van der Waals surface area contributed by atoms with Gasteiger partial charge in [0.25, 0.3) is 5.56 Å². The Morgan fingerprint density at radius 2 is 2.16 bits per heavy atom. The summed E-state index contributed by atoms with van der Waals surface area (Å²) < 4.78 is 0. The predicted octanol–water partition coefficient (Wildman–Crippen LogP) is 0.740. The van der Waals surface area contributed by atoms with Gasteiger partial charge in [0.05, 0.1) is 17.4 Å². The summed E-state index contributed by atoms with van der Waals surface area (Å²) >= 11 is 0. The van der Waals surface area contributed by atoms with Crippen molar-refractivity contribution in [3.8, 4) is 0 Å². The number of rotatable bonds is 1. The van der Waals surface area contributed by atoms with E-state index in [2.05, 4.69) is 14.9 Å². The van der Waals surface area contributed by atoms with E-state index < -0.39 is 0 Å². The third-order valence-corrected chi connectivity index (χ3v) is 4.38. The Morgan fingerprint density at radius 1 is 1.37 bits per heavy atom. The van der Waals surface area contributed by atoms with Gasteiger partial charge in [0.2, 0.25) is 0 Å². The van der Waals surface area contributed by atoms with Crippen LogP contribution in [0.25, 0.3) is 0 Å². The number of nitrogens with zero attached hydrogens (tertiary/aromatic N) is 2. The summed E-state index contributed by atoms with van der Waals surface area (Å²) in [6, 6.07) is 0.211. The largest absolute Gasteiger partial charge is 0.391 e. The van der Waals surface area contributed by atoms with Crippen LogP contribution in [-0.2, 0) is 13.0 Å². The normalized spacial score (nSPS) is 28.1. The summed E-state index contributed by atoms with van der Waals surface area (Å²) in [6.07, 6.45) is 4.78. The van der Waals surface area contributed by atoms with Crippen molar-refractivity contribution in [1.82, 2.24) is 14.9 Å². The van der Waals surface area contributed by atoms with Gasteiger partial charge in [0.15, 0.2) is 0 Å². The monoisotopic (exact) mass is 263 g/mol. The number of hydrogen-bond donors (Lipinski definition) is 2. The van der Waals surface area contributed by atoms with Crippen molar-refractivity contribution < 1.29 is 5.11 Å². The average molecular weight is 263 g/mol. The van der Waals surface area contributed by atoms with Crippen LogP contribution in [0.4, 0.5) is 0 Å². The Hall–Kier alpha value is -1.20. The molecule has 1 fully saturated rings. The maximum absolute atomic E-state index is 12.0. The van der Waals surface area contributed by atoms with Crippen LogP contribution in [0.15, 0.2) is 4.79 Å². The van der Waals surface area contributed by atoms with Crippen LogP contribution in [0.1, 0.15) is 42.8 Å². The lowest BCUT2D eigenvalue weighted by atomic mass is 9.90. The summed E-state index contributed by atoms with van der Waals surface area (Å²) in [4.78, 5) is 21.5. The van der Waals surface area contributed by atoms with Gasteiger partial charge >= 0.3 is 0 Å². The number of fused-ring (bicyclic) bond motifs is 1. The fourth-order valence-electron chi connectivity index (χ4n) is 3.37. The van der Waals surface area contributed by atoms with Crippen molar-refractivity contribution in [1.29, 1.82) is 0 Å². The summed E-state index contributed by atoms with van der Waals surface area (Å²) in [5.41, 5.74) is 1.70. The standard InChI is InChI=1S/C14H21N3O2/c1-9-15-11-6-7-17(8-10(11)14(19)16-9)12-4-2-3-5-13(12)18/h12-13,18H,2-8H2,1H3,(H,15,16,19). The Labute approximate surface area is 112 Å². The summed E-state index contributed by atoms with van der Waals surface area (Å²) in [5, 5.41) is 10.1. The smallest absolute Gasteiger partial charge is 0.255 e. The third-order valence-electron chi connectivity index (χ3n) is 4.38. The zero-order valence-corrected chi connectivity index (χ0v) is 11.4. The van der Waals surface area contributed by atoms with Crippen LogP contribution < -0.4 is 5.56 Å². The number of aliphatic hydroxyl groups is 1. The number of aryl methyl sites for hydroxylation is 1. The van der Waals surface area contributed by atoms with Crippen molar-refractivity contribution in [3.63, 3.8) is 0 Å². The molecule has 5 heteroatoms. The highest BCUT2D eigenvalue weighted by atomic mass is 16.3. The molecule has 1 aromatic heterocycles. The molecule has 1 saturated carbocycles. The topological polar surface area (TPSA) is 69.2 Å². The minimum absolute atomic E-state index is 0.0162. The molecule has 2 atom stereocenters. The number of aromatic nitrogens is 2. The van der Waals surface area contributed by atoms with Crippen LogP contribution in [0.3, 0.4) is 0 Å². The second-order valence-electron chi connectivity index (χ2n) is 5.72. The molecule has 5 nitrogen and oxygen atoms in total. The first-order chi connectivity index (χ1) is 9.15. The molecule has 1 aliphatic heterocycles.